The zero-order valence-electron chi connectivity index (χ0n) is 10.5. The predicted octanol–water partition coefficient (Wildman–Crippen LogP) is 3.78. The molecule has 2 N–H and O–H groups in total. The second-order valence-electron chi connectivity index (χ2n) is 5.40. The summed E-state index contributed by atoms with van der Waals surface area (Å²) in [5.74, 6) is -0.266. The molecule has 3 nitrogen and oxygen atoms in total. The van der Waals surface area contributed by atoms with Gasteiger partial charge in [-0.15, -0.1) is 0 Å². The van der Waals surface area contributed by atoms with E-state index in [9.17, 15) is 9.90 Å². The molecule has 0 bridgehead atoms. The molecule has 0 aromatic heterocycles. The first-order chi connectivity index (χ1) is 8.35. The van der Waals surface area contributed by atoms with Crippen molar-refractivity contribution in [2.45, 2.75) is 44.4 Å². The molecule has 0 amide bonds. The molecule has 1 aliphatic rings. The predicted molar refractivity (Wildman–Crippen MR) is 73.1 cm³/mol. The monoisotopic (exact) mass is 312 g/mol. The summed E-state index contributed by atoms with van der Waals surface area (Å²) in [6, 6.07) is 3.86. The Morgan fingerprint density at radius 3 is 2.50 bits per heavy atom. The molecule has 2 rings (SSSR count). The molecule has 1 saturated carbocycles. The maximum absolute atomic E-state index is 10.9. The van der Waals surface area contributed by atoms with Crippen molar-refractivity contribution in [3.63, 3.8) is 0 Å². The molecule has 0 unspecified atom stereocenters. The number of aromatic hydroxyl groups is 1. The molecule has 0 radical (unpaired) electrons. The molecular formula is C14H17BrO3. The lowest BCUT2D eigenvalue weighted by atomic mass is 9.88. The Kier molecular flexibility index (Phi) is 3.41. The Hall–Kier alpha value is -1.03. The van der Waals surface area contributed by atoms with Gasteiger partial charge in [0.1, 0.15) is 5.75 Å². The highest BCUT2D eigenvalue weighted by molar-refractivity contribution is 9.10. The summed E-state index contributed by atoms with van der Waals surface area (Å²) in [4.78, 5) is 10.9. The van der Waals surface area contributed by atoms with Crippen LogP contribution in [0.2, 0.25) is 0 Å². The van der Waals surface area contributed by atoms with Crippen LogP contribution in [0.1, 0.15) is 50.2 Å². The standard InChI is InChI=1S/C14H17BrO3/c1-8(2)9-5-10(13(18)11(15)6-9)14(3-4-14)7-12(16)17/h5-6,8,18H,3-4,7H2,1-2H3,(H,16,17). The molecule has 1 aromatic rings. The van der Waals surface area contributed by atoms with Crippen LogP contribution in [-0.2, 0) is 10.2 Å². The fourth-order valence-corrected chi connectivity index (χ4v) is 2.82. The van der Waals surface area contributed by atoms with Crippen LogP contribution in [0.25, 0.3) is 0 Å². The molecule has 0 aliphatic heterocycles. The van der Waals surface area contributed by atoms with Crippen molar-refractivity contribution < 1.29 is 15.0 Å². The molecular weight excluding hydrogens is 296 g/mol. The fourth-order valence-electron chi connectivity index (χ4n) is 2.34. The van der Waals surface area contributed by atoms with Crippen molar-refractivity contribution in [2.75, 3.05) is 0 Å². The molecule has 4 heteroatoms. The lowest BCUT2D eigenvalue weighted by molar-refractivity contribution is -0.137. The highest BCUT2D eigenvalue weighted by atomic mass is 79.9. The van der Waals surface area contributed by atoms with Crippen molar-refractivity contribution in [3.05, 3.63) is 27.7 Å². The van der Waals surface area contributed by atoms with Crippen LogP contribution < -0.4 is 0 Å². The molecule has 1 fully saturated rings. The molecule has 0 saturated heterocycles. The summed E-state index contributed by atoms with van der Waals surface area (Å²) >= 11 is 3.35. The van der Waals surface area contributed by atoms with Crippen molar-refractivity contribution in [3.8, 4) is 5.75 Å². The van der Waals surface area contributed by atoms with Crippen LogP contribution in [-0.4, -0.2) is 16.2 Å². The van der Waals surface area contributed by atoms with E-state index in [0.29, 0.717) is 10.4 Å². The Labute approximate surface area is 115 Å². The van der Waals surface area contributed by atoms with Gasteiger partial charge in [0.05, 0.1) is 10.9 Å². The minimum Gasteiger partial charge on any atom is -0.506 e. The summed E-state index contributed by atoms with van der Waals surface area (Å²) in [5.41, 5.74) is 1.54. The normalized spacial score (nSPS) is 16.9. The van der Waals surface area contributed by atoms with Gasteiger partial charge < -0.3 is 10.2 Å². The maximum atomic E-state index is 10.9. The topological polar surface area (TPSA) is 57.5 Å². The van der Waals surface area contributed by atoms with E-state index in [2.05, 4.69) is 29.8 Å². The van der Waals surface area contributed by atoms with Gasteiger partial charge in [0.25, 0.3) is 0 Å². The Balaban J connectivity index is 2.47. The summed E-state index contributed by atoms with van der Waals surface area (Å²) in [6.45, 7) is 4.17. The third kappa shape index (κ3) is 2.39. The fraction of sp³-hybridized carbons (Fsp3) is 0.500. The zero-order chi connectivity index (χ0) is 13.5. The Morgan fingerprint density at radius 2 is 2.06 bits per heavy atom. The highest BCUT2D eigenvalue weighted by Crippen LogP contribution is 2.55. The average molecular weight is 313 g/mol. The van der Waals surface area contributed by atoms with Crippen LogP contribution in [0.3, 0.4) is 0 Å². The Bertz CT molecular complexity index is 490. The number of phenols is 1. The van der Waals surface area contributed by atoms with E-state index in [-0.39, 0.29) is 17.6 Å². The molecule has 0 spiro atoms. The number of phenolic OH excluding ortho intramolecular Hbond substituents is 1. The summed E-state index contributed by atoms with van der Waals surface area (Å²) in [7, 11) is 0. The van der Waals surface area contributed by atoms with Crippen LogP contribution in [0.4, 0.5) is 0 Å². The van der Waals surface area contributed by atoms with Crippen molar-refractivity contribution >= 4 is 21.9 Å². The number of carbonyl (C=O) groups is 1. The first-order valence-corrected chi connectivity index (χ1v) is 6.90. The van der Waals surface area contributed by atoms with Gasteiger partial charge in [-0.25, -0.2) is 0 Å². The van der Waals surface area contributed by atoms with Gasteiger partial charge in [-0.05, 0) is 46.3 Å². The average Bonchev–Trinajstić information content (AvgIpc) is 3.01. The minimum absolute atomic E-state index is 0.0918. The lowest BCUT2D eigenvalue weighted by Gasteiger charge is -2.18. The summed E-state index contributed by atoms with van der Waals surface area (Å²) in [5, 5.41) is 19.1. The number of aliphatic carboxylic acids is 1. The van der Waals surface area contributed by atoms with Gasteiger partial charge in [-0.1, -0.05) is 19.9 Å². The van der Waals surface area contributed by atoms with E-state index >= 15 is 0 Å². The van der Waals surface area contributed by atoms with E-state index in [1.807, 2.05) is 12.1 Å². The van der Waals surface area contributed by atoms with Crippen LogP contribution in [0, 0.1) is 0 Å². The maximum Gasteiger partial charge on any atom is 0.304 e. The largest absolute Gasteiger partial charge is 0.506 e. The van der Waals surface area contributed by atoms with Crippen LogP contribution in [0.15, 0.2) is 16.6 Å². The third-order valence-corrected chi connectivity index (χ3v) is 4.27. The van der Waals surface area contributed by atoms with Gasteiger partial charge in [-0.3, -0.25) is 4.79 Å². The quantitative estimate of drug-likeness (QED) is 0.889. The number of carboxylic acids is 1. The van der Waals surface area contributed by atoms with Crippen molar-refractivity contribution in [1.29, 1.82) is 0 Å². The number of halogens is 1. The first kappa shape index (κ1) is 13.4. The first-order valence-electron chi connectivity index (χ1n) is 6.10. The molecule has 98 valence electrons. The molecule has 1 aromatic carbocycles. The third-order valence-electron chi connectivity index (χ3n) is 3.67. The van der Waals surface area contributed by atoms with Crippen molar-refractivity contribution in [2.24, 2.45) is 0 Å². The minimum atomic E-state index is -0.807. The highest BCUT2D eigenvalue weighted by Gasteiger charge is 2.48. The smallest absolute Gasteiger partial charge is 0.304 e. The number of benzene rings is 1. The zero-order valence-corrected chi connectivity index (χ0v) is 12.1. The molecule has 0 heterocycles. The van der Waals surface area contributed by atoms with E-state index in [0.717, 1.165) is 24.0 Å². The van der Waals surface area contributed by atoms with E-state index < -0.39 is 5.97 Å². The SMILES string of the molecule is CC(C)c1cc(Br)c(O)c(C2(CC(=O)O)CC2)c1. The van der Waals surface area contributed by atoms with E-state index in [1.165, 1.54) is 0 Å². The number of hydrogen-bond acceptors (Lipinski definition) is 2. The molecule has 1 aliphatic carbocycles. The number of rotatable bonds is 4. The number of carboxylic acid groups (broad SMARTS) is 1. The Morgan fingerprint density at radius 1 is 1.44 bits per heavy atom. The summed E-state index contributed by atoms with van der Waals surface area (Å²) < 4.78 is 0.653. The van der Waals surface area contributed by atoms with Gasteiger partial charge in [-0.2, -0.15) is 0 Å². The molecule has 0 atom stereocenters. The van der Waals surface area contributed by atoms with Crippen LogP contribution >= 0.6 is 15.9 Å². The van der Waals surface area contributed by atoms with Crippen molar-refractivity contribution in [1.82, 2.24) is 0 Å². The second kappa shape index (κ2) is 4.57. The van der Waals surface area contributed by atoms with E-state index in [1.54, 1.807) is 0 Å². The van der Waals surface area contributed by atoms with Crippen LogP contribution in [0.5, 0.6) is 5.75 Å². The van der Waals surface area contributed by atoms with E-state index in [4.69, 9.17) is 5.11 Å². The van der Waals surface area contributed by atoms with Gasteiger partial charge in [0.2, 0.25) is 0 Å². The molecule has 18 heavy (non-hydrogen) atoms. The second-order valence-corrected chi connectivity index (χ2v) is 6.26. The van der Waals surface area contributed by atoms with Gasteiger partial charge in [0, 0.05) is 11.0 Å². The number of hydrogen-bond donors (Lipinski definition) is 2. The summed E-state index contributed by atoms with van der Waals surface area (Å²) in [6.07, 6.45) is 1.76. The van der Waals surface area contributed by atoms with Gasteiger partial charge in [0.15, 0.2) is 0 Å². The van der Waals surface area contributed by atoms with Gasteiger partial charge >= 0.3 is 5.97 Å². The lowest BCUT2D eigenvalue weighted by Crippen LogP contribution is -2.14.